The molecule has 1 amide bonds. The molecule has 0 aliphatic heterocycles. The molecule has 2 aromatic carbocycles. The molecule has 0 radical (unpaired) electrons. The second-order valence-corrected chi connectivity index (χ2v) is 8.75. The summed E-state index contributed by atoms with van der Waals surface area (Å²) in [5, 5.41) is 10.2. The van der Waals surface area contributed by atoms with Crippen LogP contribution in [0.1, 0.15) is 18.9 Å². The van der Waals surface area contributed by atoms with Gasteiger partial charge in [0.15, 0.2) is 6.10 Å². The molecule has 0 fully saturated rings. The van der Waals surface area contributed by atoms with Crippen LogP contribution in [0.3, 0.4) is 0 Å². The molecule has 0 heterocycles. The molecule has 204 valence electrons. The van der Waals surface area contributed by atoms with E-state index in [1.54, 1.807) is 49.4 Å². The summed E-state index contributed by atoms with van der Waals surface area (Å²) in [7, 11) is 1.53. The van der Waals surface area contributed by atoms with E-state index >= 15 is 0 Å². The highest BCUT2D eigenvalue weighted by atomic mass is 35.5. The molecular formula is C26H33Cl2NO8. The van der Waals surface area contributed by atoms with Crippen molar-refractivity contribution in [2.24, 2.45) is 0 Å². The minimum atomic E-state index is -0.999. The van der Waals surface area contributed by atoms with E-state index in [2.05, 4.69) is 0 Å². The number of methoxy groups -OCH3 is 1. The van der Waals surface area contributed by atoms with Crippen LogP contribution in [0.15, 0.2) is 42.5 Å². The van der Waals surface area contributed by atoms with Gasteiger partial charge in [0.1, 0.15) is 24.7 Å². The molecule has 1 unspecified atom stereocenters. The summed E-state index contributed by atoms with van der Waals surface area (Å²) in [4.78, 5) is 25.3. The Balaban J connectivity index is 1.85. The average molecular weight is 558 g/mol. The number of benzene rings is 2. The normalized spacial score (nSPS) is 11.6. The van der Waals surface area contributed by atoms with E-state index in [1.165, 1.54) is 12.0 Å². The minimum absolute atomic E-state index is 0.144. The summed E-state index contributed by atoms with van der Waals surface area (Å²) < 4.78 is 26.9. The first kappa shape index (κ1) is 30.5. The van der Waals surface area contributed by atoms with Gasteiger partial charge in [-0.3, -0.25) is 0 Å². The second-order valence-electron chi connectivity index (χ2n) is 7.88. The van der Waals surface area contributed by atoms with Gasteiger partial charge in [-0.25, -0.2) is 9.59 Å². The van der Waals surface area contributed by atoms with Crippen LogP contribution >= 0.6 is 23.2 Å². The first-order valence-electron chi connectivity index (χ1n) is 11.9. The van der Waals surface area contributed by atoms with Crippen LogP contribution in [0, 0.1) is 0 Å². The zero-order chi connectivity index (χ0) is 27.0. The van der Waals surface area contributed by atoms with Gasteiger partial charge in [0, 0.05) is 36.7 Å². The maximum Gasteiger partial charge on any atom is 0.409 e. The molecule has 9 nitrogen and oxygen atoms in total. The van der Waals surface area contributed by atoms with Gasteiger partial charge in [0.25, 0.3) is 0 Å². The summed E-state index contributed by atoms with van der Waals surface area (Å²) in [6.07, 6.45) is -0.566. The molecular weight excluding hydrogens is 525 g/mol. The standard InChI is InChI=1S/C26H33Cl2NO8/c1-3-34-24(25(30)31)15-19-5-7-22(8-6-19)36-12-10-29(26(32)37-14-13-33-2)9-4-11-35-23-17-20(27)16-21(28)18-23/h5-8,16-18,24H,3-4,9-15H2,1-2H3,(H,30,31). The Kier molecular flexibility index (Phi) is 13.9. The molecule has 0 spiro atoms. The predicted molar refractivity (Wildman–Crippen MR) is 140 cm³/mol. The highest BCUT2D eigenvalue weighted by Gasteiger charge is 2.18. The number of hydrogen-bond acceptors (Lipinski definition) is 7. The Morgan fingerprint density at radius 3 is 2.22 bits per heavy atom. The van der Waals surface area contributed by atoms with Crippen molar-refractivity contribution >= 4 is 35.3 Å². The molecule has 37 heavy (non-hydrogen) atoms. The smallest absolute Gasteiger partial charge is 0.409 e. The lowest BCUT2D eigenvalue weighted by atomic mass is 10.1. The zero-order valence-corrected chi connectivity index (χ0v) is 22.5. The summed E-state index contributed by atoms with van der Waals surface area (Å²) >= 11 is 12.0. The van der Waals surface area contributed by atoms with Crippen molar-refractivity contribution in [3.8, 4) is 11.5 Å². The molecule has 0 aliphatic carbocycles. The fraction of sp³-hybridized carbons (Fsp3) is 0.462. The number of carbonyl (C=O) groups excluding carboxylic acids is 1. The lowest BCUT2D eigenvalue weighted by Crippen LogP contribution is -2.37. The first-order chi connectivity index (χ1) is 17.8. The highest BCUT2D eigenvalue weighted by molar-refractivity contribution is 6.34. The van der Waals surface area contributed by atoms with Crippen molar-refractivity contribution in [1.82, 2.24) is 4.90 Å². The van der Waals surface area contributed by atoms with Crippen LogP contribution < -0.4 is 9.47 Å². The van der Waals surface area contributed by atoms with Gasteiger partial charge in [0.05, 0.1) is 19.8 Å². The summed E-state index contributed by atoms with van der Waals surface area (Å²) in [5.41, 5.74) is 0.817. The Labute approximate surface area is 227 Å². The van der Waals surface area contributed by atoms with E-state index in [9.17, 15) is 14.7 Å². The van der Waals surface area contributed by atoms with E-state index in [1.807, 2.05) is 0 Å². The number of carbonyl (C=O) groups is 2. The number of nitrogens with zero attached hydrogens (tertiary/aromatic N) is 1. The summed E-state index contributed by atoms with van der Waals surface area (Å²) in [6.45, 7) is 3.78. The Hall–Kier alpha value is -2.72. The van der Waals surface area contributed by atoms with Gasteiger partial charge in [-0.2, -0.15) is 0 Å². The molecule has 0 saturated heterocycles. The van der Waals surface area contributed by atoms with E-state index < -0.39 is 18.2 Å². The van der Waals surface area contributed by atoms with E-state index in [-0.39, 0.29) is 19.6 Å². The number of rotatable bonds is 17. The number of carboxylic acids is 1. The topological polar surface area (TPSA) is 104 Å². The average Bonchev–Trinajstić information content (AvgIpc) is 2.85. The lowest BCUT2D eigenvalue weighted by Gasteiger charge is -2.22. The van der Waals surface area contributed by atoms with E-state index in [4.69, 9.17) is 46.9 Å². The summed E-state index contributed by atoms with van der Waals surface area (Å²) in [6, 6.07) is 12.1. The van der Waals surface area contributed by atoms with Crippen LogP contribution in [0.25, 0.3) is 0 Å². The predicted octanol–water partition coefficient (Wildman–Crippen LogP) is 4.96. The van der Waals surface area contributed by atoms with Crippen molar-refractivity contribution in [3.05, 3.63) is 58.1 Å². The maximum absolute atomic E-state index is 12.5. The fourth-order valence-electron chi connectivity index (χ4n) is 3.28. The van der Waals surface area contributed by atoms with Crippen molar-refractivity contribution in [3.63, 3.8) is 0 Å². The number of amides is 1. The van der Waals surface area contributed by atoms with E-state index in [0.29, 0.717) is 60.9 Å². The van der Waals surface area contributed by atoms with Gasteiger partial charge in [-0.05, 0) is 49.2 Å². The van der Waals surface area contributed by atoms with Gasteiger partial charge in [0.2, 0.25) is 0 Å². The Bertz CT molecular complexity index is 953. The maximum atomic E-state index is 12.5. The quantitative estimate of drug-likeness (QED) is 0.272. The monoisotopic (exact) mass is 557 g/mol. The third kappa shape index (κ3) is 11.9. The van der Waals surface area contributed by atoms with Gasteiger partial charge in [-0.1, -0.05) is 35.3 Å². The van der Waals surface area contributed by atoms with Crippen LogP contribution in [-0.2, 0) is 25.4 Å². The first-order valence-corrected chi connectivity index (χ1v) is 12.6. The second kappa shape index (κ2) is 16.9. The number of aliphatic carboxylic acids is 1. The van der Waals surface area contributed by atoms with Gasteiger partial charge in [-0.15, -0.1) is 0 Å². The Morgan fingerprint density at radius 1 is 0.919 bits per heavy atom. The molecule has 1 N–H and O–H groups in total. The van der Waals surface area contributed by atoms with Crippen LogP contribution in [0.2, 0.25) is 10.0 Å². The SMILES string of the molecule is CCOC(Cc1ccc(OCCN(CCCOc2cc(Cl)cc(Cl)c2)C(=O)OCCOC)cc1)C(=O)O. The van der Waals surface area contributed by atoms with Gasteiger partial charge < -0.3 is 33.7 Å². The fourth-order valence-corrected chi connectivity index (χ4v) is 3.79. The summed E-state index contributed by atoms with van der Waals surface area (Å²) in [5.74, 6) is 0.150. The third-order valence-electron chi connectivity index (χ3n) is 5.07. The van der Waals surface area contributed by atoms with E-state index in [0.717, 1.165) is 5.56 Å². The molecule has 0 aliphatic rings. The van der Waals surface area contributed by atoms with Crippen LogP contribution in [0.5, 0.6) is 11.5 Å². The number of ether oxygens (including phenoxy) is 5. The molecule has 2 rings (SSSR count). The number of carboxylic acid groups (broad SMARTS) is 1. The minimum Gasteiger partial charge on any atom is -0.493 e. The van der Waals surface area contributed by atoms with Crippen molar-refractivity contribution in [2.75, 3.05) is 53.2 Å². The highest BCUT2D eigenvalue weighted by Crippen LogP contribution is 2.24. The molecule has 2 aromatic rings. The molecule has 0 saturated carbocycles. The molecule has 11 heteroatoms. The van der Waals surface area contributed by atoms with Crippen LogP contribution in [0.4, 0.5) is 4.79 Å². The van der Waals surface area contributed by atoms with Crippen molar-refractivity contribution in [2.45, 2.75) is 25.9 Å². The van der Waals surface area contributed by atoms with Crippen LogP contribution in [-0.4, -0.2) is 81.4 Å². The molecule has 0 aromatic heterocycles. The van der Waals surface area contributed by atoms with Gasteiger partial charge >= 0.3 is 12.1 Å². The molecule has 1 atom stereocenters. The molecule has 0 bridgehead atoms. The number of hydrogen-bond donors (Lipinski definition) is 1. The zero-order valence-electron chi connectivity index (χ0n) is 21.0. The Morgan fingerprint density at radius 2 is 1.59 bits per heavy atom. The van der Waals surface area contributed by atoms with Crippen molar-refractivity contribution < 1.29 is 38.4 Å². The van der Waals surface area contributed by atoms with Crippen molar-refractivity contribution in [1.29, 1.82) is 0 Å². The third-order valence-corrected chi connectivity index (χ3v) is 5.50. The number of halogens is 2. The lowest BCUT2D eigenvalue weighted by molar-refractivity contribution is -0.149. The largest absolute Gasteiger partial charge is 0.493 e.